The van der Waals surface area contributed by atoms with Crippen molar-refractivity contribution in [2.75, 3.05) is 0 Å². The third kappa shape index (κ3) is 4.18. The zero-order chi connectivity index (χ0) is 8.91. The first-order valence-electron chi connectivity index (χ1n) is 4.62. The first-order chi connectivity index (χ1) is 5.10. The van der Waals surface area contributed by atoms with Crippen LogP contribution in [0.3, 0.4) is 0 Å². The molecular formula is C10H20O. The van der Waals surface area contributed by atoms with E-state index in [0.29, 0.717) is 11.2 Å². The smallest absolute Gasteiger partial charge is 0.133 e. The van der Waals surface area contributed by atoms with Gasteiger partial charge in [0.25, 0.3) is 0 Å². The van der Waals surface area contributed by atoms with Crippen LogP contribution < -0.4 is 0 Å². The number of carbonyl (C=O) groups is 1. The van der Waals surface area contributed by atoms with Gasteiger partial charge < -0.3 is 0 Å². The summed E-state index contributed by atoms with van der Waals surface area (Å²) in [5.41, 5.74) is 0.301. The number of ketones is 1. The van der Waals surface area contributed by atoms with Gasteiger partial charge in [0.15, 0.2) is 0 Å². The largest absolute Gasteiger partial charge is 0.300 e. The van der Waals surface area contributed by atoms with Gasteiger partial charge in [0, 0.05) is 12.8 Å². The molecule has 0 amide bonds. The highest BCUT2D eigenvalue weighted by molar-refractivity contribution is 5.79. The first kappa shape index (κ1) is 10.7. The lowest BCUT2D eigenvalue weighted by molar-refractivity contribution is -0.122. The zero-order valence-electron chi connectivity index (χ0n) is 8.24. The van der Waals surface area contributed by atoms with Crippen molar-refractivity contribution in [1.82, 2.24) is 0 Å². The van der Waals surface area contributed by atoms with Crippen molar-refractivity contribution in [3.8, 4) is 0 Å². The van der Waals surface area contributed by atoms with Gasteiger partial charge in [-0.2, -0.15) is 0 Å². The Morgan fingerprint density at radius 1 is 1.27 bits per heavy atom. The maximum atomic E-state index is 10.9. The van der Waals surface area contributed by atoms with Crippen LogP contribution >= 0.6 is 0 Å². The molecule has 0 aliphatic heterocycles. The Labute approximate surface area is 70.2 Å². The summed E-state index contributed by atoms with van der Waals surface area (Å²) in [5.74, 6) is 0.450. The fourth-order valence-corrected chi connectivity index (χ4v) is 1.47. The van der Waals surface area contributed by atoms with Crippen LogP contribution in [0.2, 0.25) is 0 Å². The molecule has 1 saturated carbocycles. The van der Waals surface area contributed by atoms with Crippen LogP contribution in [-0.2, 0) is 4.79 Å². The van der Waals surface area contributed by atoms with Crippen molar-refractivity contribution in [3.05, 3.63) is 0 Å². The van der Waals surface area contributed by atoms with Gasteiger partial charge in [0.1, 0.15) is 5.78 Å². The van der Waals surface area contributed by atoms with E-state index in [1.165, 1.54) is 6.42 Å². The average molecular weight is 156 g/mol. The quantitative estimate of drug-likeness (QED) is 0.526. The summed E-state index contributed by atoms with van der Waals surface area (Å²) in [4.78, 5) is 10.9. The second-order valence-electron chi connectivity index (χ2n) is 3.73. The summed E-state index contributed by atoms with van der Waals surface area (Å²) < 4.78 is 0. The van der Waals surface area contributed by atoms with Crippen molar-refractivity contribution in [2.24, 2.45) is 5.41 Å². The molecule has 66 valence electrons. The molecule has 1 fully saturated rings. The predicted molar refractivity (Wildman–Crippen MR) is 48.6 cm³/mol. The first-order valence-corrected chi connectivity index (χ1v) is 4.62. The summed E-state index contributed by atoms with van der Waals surface area (Å²) in [5, 5.41) is 0. The van der Waals surface area contributed by atoms with Gasteiger partial charge in [-0.05, 0) is 18.3 Å². The highest BCUT2D eigenvalue weighted by atomic mass is 16.1. The van der Waals surface area contributed by atoms with Crippen LogP contribution in [0.4, 0.5) is 0 Å². The fourth-order valence-electron chi connectivity index (χ4n) is 1.47. The van der Waals surface area contributed by atoms with E-state index in [9.17, 15) is 4.79 Å². The van der Waals surface area contributed by atoms with Crippen LogP contribution in [0.1, 0.15) is 53.4 Å². The molecule has 0 atom stereocenters. The van der Waals surface area contributed by atoms with E-state index in [1.807, 2.05) is 13.8 Å². The molecule has 0 bridgehead atoms. The van der Waals surface area contributed by atoms with E-state index in [2.05, 4.69) is 13.8 Å². The highest BCUT2D eigenvalue weighted by Crippen LogP contribution is 2.32. The lowest BCUT2D eigenvalue weighted by Crippen LogP contribution is -2.21. The van der Waals surface area contributed by atoms with Crippen molar-refractivity contribution in [3.63, 3.8) is 0 Å². The van der Waals surface area contributed by atoms with Gasteiger partial charge >= 0.3 is 0 Å². The molecule has 0 spiro atoms. The Kier molecular flexibility index (Phi) is 4.39. The van der Waals surface area contributed by atoms with Crippen LogP contribution in [-0.4, -0.2) is 5.78 Å². The lowest BCUT2D eigenvalue weighted by atomic mass is 9.77. The maximum Gasteiger partial charge on any atom is 0.133 e. The third-order valence-corrected chi connectivity index (χ3v) is 1.98. The molecule has 1 nitrogen and oxygen atoms in total. The fraction of sp³-hybridized carbons (Fsp3) is 0.900. The summed E-state index contributed by atoms with van der Waals surface area (Å²) >= 11 is 0. The molecule has 1 aliphatic carbocycles. The van der Waals surface area contributed by atoms with E-state index in [1.54, 1.807) is 0 Å². The summed E-state index contributed by atoms with van der Waals surface area (Å²) in [6.45, 7) is 8.34. The molecule has 0 aromatic carbocycles. The van der Waals surface area contributed by atoms with E-state index < -0.39 is 0 Å². The Balaban J connectivity index is 0.000000461. The minimum absolute atomic E-state index is 0.301. The summed E-state index contributed by atoms with van der Waals surface area (Å²) in [6.07, 6.45) is 3.95. The van der Waals surface area contributed by atoms with Crippen LogP contribution in [0.25, 0.3) is 0 Å². The average Bonchev–Trinajstić information content (AvgIpc) is 1.89. The SMILES string of the molecule is CC.CC1(C)CCCC(=O)C1. The number of Topliss-reactive ketones (excluding diaryl/α,β-unsaturated/α-hetero) is 1. The second-order valence-corrected chi connectivity index (χ2v) is 3.73. The predicted octanol–water partition coefficient (Wildman–Crippen LogP) is 3.18. The molecule has 0 radical (unpaired) electrons. The number of hydrogen-bond acceptors (Lipinski definition) is 1. The number of hydrogen-bond donors (Lipinski definition) is 0. The molecule has 1 rings (SSSR count). The summed E-state index contributed by atoms with van der Waals surface area (Å²) in [7, 11) is 0. The molecule has 0 heterocycles. The minimum atomic E-state index is 0.301. The minimum Gasteiger partial charge on any atom is -0.300 e. The topological polar surface area (TPSA) is 17.1 Å². The highest BCUT2D eigenvalue weighted by Gasteiger charge is 2.25. The van der Waals surface area contributed by atoms with Gasteiger partial charge in [-0.3, -0.25) is 4.79 Å². The van der Waals surface area contributed by atoms with Gasteiger partial charge in [-0.15, -0.1) is 0 Å². The normalized spacial score (nSPS) is 22.0. The van der Waals surface area contributed by atoms with E-state index in [4.69, 9.17) is 0 Å². The third-order valence-electron chi connectivity index (χ3n) is 1.98. The molecule has 11 heavy (non-hydrogen) atoms. The van der Waals surface area contributed by atoms with Crippen molar-refractivity contribution < 1.29 is 4.79 Å². The Morgan fingerprint density at radius 2 is 1.82 bits per heavy atom. The van der Waals surface area contributed by atoms with E-state index in [0.717, 1.165) is 19.3 Å². The van der Waals surface area contributed by atoms with Crippen LogP contribution in [0, 0.1) is 5.41 Å². The van der Waals surface area contributed by atoms with Gasteiger partial charge in [-0.1, -0.05) is 27.7 Å². The van der Waals surface area contributed by atoms with E-state index in [-0.39, 0.29) is 0 Å². The molecule has 1 heteroatoms. The molecule has 1 aliphatic rings. The van der Waals surface area contributed by atoms with Crippen LogP contribution in [0.5, 0.6) is 0 Å². The number of rotatable bonds is 0. The Bertz CT molecular complexity index is 125. The molecular weight excluding hydrogens is 136 g/mol. The lowest BCUT2D eigenvalue weighted by Gasteiger charge is -2.27. The molecule has 0 N–H and O–H groups in total. The Morgan fingerprint density at radius 3 is 2.09 bits per heavy atom. The van der Waals surface area contributed by atoms with Gasteiger partial charge in [-0.25, -0.2) is 0 Å². The number of carbonyl (C=O) groups excluding carboxylic acids is 1. The summed E-state index contributed by atoms with van der Waals surface area (Å²) in [6, 6.07) is 0. The zero-order valence-corrected chi connectivity index (χ0v) is 8.24. The van der Waals surface area contributed by atoms with Gasteiger partial charge in [0.2, 0.25) is 0 Å². The molecule has 0 saturated heterocycles. The second kappa shape index (κ2) is 4.53. The van der Waals surface area contributed by atoms with Gasteiger partial charge in [0.05, 0.1) is 0 Å². The van der Waals surface area contributed by atoms with Crippen molar-refractivity contribution >= 4 is 5.78 Å². The van der Waals surface area contributed by atoms with Crippen LogP contribution in [0.15, 0.2) is 0 Å². The molecule has 0 unspecified atom stereocenters. The molecule has 0 aromatic rings. The van der Waals surface area contributed by atoms with E-state index >= 15 is 0 Å². The standard InChI is InChI=1S/C8H14O.C2H6/c1-8(2)5-3-4-7(9)6-8;1-2/h3-6H2,1-2H3;1-2H3. The van der Waals surface area contributed by atoms with Crippen molar-refractivity contribution in [1.29, 1.82) is 0 Å². The Hall–Kier alpha value is -0.330. The van der Waals surface area contributed by atoms with Crippen molar-refractivity contribution in [2.45, 2.75) is 53.4 Å². The maximum absolute atomic E-state index is 10.9. The molecule has 0 aromatic heterocycles. The monoisotopic (exact) mass is 156 g/mol.